The van der Waals surface area contributed by atoms with Gasteiger partial charge in [-0.2, -0.15) is 4.31 Å². The first kappa shape index (κ1) is 19.1. The Kier molecular flexibility index (Phi) is 7.16. The van der Waals surface area contributed by atoms with Crippen LogP contribution in [0.3, 0.4) is 0 Å². The number of rotatable bonds is 9. The molecule has 0 bridgehead atoms. The second-order valence-electron chi connectivity index (χ2n) is 5.74. The van der Waals surface area contributed by atoms with Crippen LogP contribution in [0.2, 0.25) is 0 Å². The van der Waals surface area contributed by atoms with E-state index in [2.05, 4.69) is 5.32 Å². The van der Waals surface area contributed by atoms with Gasteiger partial charge in [0, 0.05) is 13.1 Å². The van der Waals surface area contributed by atoms with Crippen LogP contribution in [0.4, 0.5) is 0 Å². The summed E-state index contributed by atoms with van der Waals surface area (Å²) in [4.78, 5) is 12.3. The average Bonchev–Trinajstić information content (AvgIpc) is 2.64. The van der Waals surface area contributed by atoms with E-state index >= 15 is 0 Å². The molecule has 2 rings (SSSR count). The van der Waals surface area contributed by atoms with Crippen LogP contribution in [0.5, 0.6) is 0 Å². The van der Waals surface area contributed by atoms with Crippen molar-refractivity contribution >= 4 is 15.9 Å². The third-order valence-corrected chi connectivity index (χ3v) is 5.63. The molecule has 0 heterocycles. The molecule has 25 heavy (non-hydrogen) atoms. The van der Waals surface area contributed by atoms with Gasteiger partial charge in [0.05, 0.1) is 11.4 Å². The standard InChI is InChI=1S/C19H24N2O3S/c1-2-14-20-19(22)16-21(15-13-17-9-5-3-6-10-17)25(23,24)18-11-7-4-8-12-18/h3-12H,2,13-16H2,1H3,(H,20,22). The summed E-state index contributed by atoms with van der Waals surface area (Å²) in [5.41, 5.74) is 1.03. The number of hydrogen-bond donors (Lipinski definition) is 1. The first-order chi connectivity index (χ1) is 12.0. The molecule has 0 radical (unpaired) electrons. The highest BCUT2D eigenvalue weighted by Crippen LogP contribution is 2.16. The van der Waals surface area contributed by atoms with Crippen LogP contribution in [0.25, 0.3) is 0 Å². The Labute approximate surface area is 149 Å². The van der Waals surface area contributed by atoms with Crippen LogP contribution in [0.15, 0.2) is 65.6 Å². The van der Waals surface area contributed by atoms with Crippen LogP contribution >= 0.6 is 0 Å². The van der Waals surface area contributed by atoms with Crippen molar-refractivity contribution in [3.05, 3.63) is 66.2 Å². The molecule has 1 N–H and O–H groups in total. The molecular weight excluding hydrogens is 336 g/mol. The van der Waals surface area contributed by atoms with Crippen LogP contribution in [-0.2, 0) is 21.2 Å². The molecule has 134 valence electrons. The lowest BCUT2D eigenvalue weighted by Gasteiger charge is -2.22. The summed E-state index contributed by atoms with van der Waals surface area (Å²) >= 11 is 0. The van der Waals surface area contributed by atoms with Crippen molar-refractivity contribution in [2.75, 3.05) is 19.6 Å². The van der Waals surface area contributed by atoms with Crippen molar-refractivity contribution in [1.29, 1.82) is 0 Å². The molecule has 0 aliphatic carbocycles. The topological polar surface area (TPSA) is 66.5 Å². The van der Waals surface area contributed by atoms with Gasteiger partial charge in [-0.15, -0.1) is 0 Å². The summed E-state index contributed by atoms with van der Waals surface area (Å²) < 4.78 is 27.1. The lowest BCUT2D eigenvalue weighted by atomic mass is 10.1. The molecule has 0 atom stereocenters. The zero-order valence-electron chi connectivity index (χ0n) is 14.4. The predicted molar refractivity (Wildman–Crippen MR) is 98.6 cm³/mol. The van der Waals surface area contributed by atoms with Gasteiger partial charge in [0.25, 0.3) is 0 Å². The van der Waals surface area contributed by atoms with E-state index in [1.807, 2.05) is 37.3 Å². The number of amides is 1. The fourth-order valence-electron chi connectivity index (χ4n) is 2.40. The van der Waals surface area contributed by atoms with Gasteiger partial charge in [0.1, 0.15) is 0 Å². The molecule has 1 amide bonds. The van der Waals surface area contributed by atoms with E-state index in [4.69, 9.17) is 0 Å². The van der Waals surface area contributed by atoms with Crippen molar-refractivity contribution in [3.63, 3.8) is 0 Å². The third-order valence-electron chi connectivity index (χ3n) is 3.77. The van der Waals surface area contributed by atoms with Crippen molar-refractivity contribution < 1.29 is 13.2 Å². The number of hydrogen-bond acceptors (Lipinski definition) is 3. The second kappa shape index (κ2) is 9.34. The van der Waals surface area contributed by atoms with Crippen LogP contribution < -0.4 is 5.32 Å². The SMILES string of the molecule is CCCNC(=O)CN(CCc1ccccc1)S(=O)(=O)c1ccccc1. The summed E-state index contributed by atoms with van der Waals surface area (Å²) in [7, 11) is -3.72. The fraction of sp³-hybridized carbons (Fsp3) is 0.316. The Hall–Kier alpha value is -2.18. The molecule has 6 heteroatoms. The number of carbonyl (C=O) groups is 1. The van der Waals surface area contributed by atoms with E-state index in [1.54, 1.807) is 30.3 Å². The van der Waals surface area contributed by atoms with E-state index in [0.29, 0.717) is 13.0 Å². The molecule has 0 fully saturated rings. The summed E-state index contributed by atoms with van der Waals surface area (Å²) in [6.07, 6.45) is 1.36. The van der Waals surface area contributed by atoms with Crippen molar-refractivity contribution in [3.8, 4) is 0 Å². The Morgan fingerprint density at radius 3 is 2.20 bits per heavy atom. The lowest BCUT2D eigenvalue weighted by molar-refractivity contribution is -0.121. The van der Waals surface area contributed by atoms with Gasteiger partial charge in [-0.05, 0) is 30.5 Å². The van der Waals surface area contributed by atoms with Crippen molar-refractivity contribution in [2.45, 2.75) is 24.7 Å². The Balaban J connectivity index is 2.17. The average molecular weight is 360 g/mol. The van der Waals surface area contributed by atoms with Gasteiger partial charge in [0.15, 0.2) is 0 Å². The van der Waals surface area contributed by atoms with E-state index in [1.165, 1.54) is 4.31 Å². The van der Waals surface area contributed by atoms with E-state index in [0.717, 1.165) is 12.0 Å². The fourth-order valence-corrected chi connectivity index (χ4v) is 3.82. The maximum atomic E-state index is 12.9. The predicted octanol–water partition coefficient (Wildman–Crippen LogP) is 2.45. The van der Waals surface area contributed by atoms with Crippen LogP contribution in [0, 0.1) is 0 Å². The highest BCUT2D eigenvalue weighted by atomic mass is 32.2. The molecule has 5 nitrogen and oxygen atoms in total. The zero-order valence-corrected chi connectivity index (χ0v) is 15.2. The molecule has 0 saturated carbocycles. The van der Waals surface area contributed by atoms with Gasteiger partial charge >= 0.3 is 0 Å². The van der Waals surface area contributed by atoms with Gasteiger partial charge in [-0.1, -0.05) is 55.5 Å². The van der Waals surface area contributed by atoms with Gasteiger partial charge < -0.3 is 5.32 Å². The molecule has 0 aliphatic rings. The van der Waals surface area contributed by atoms with E-state index in [9.17, 15) is 13.2 Å². The molecular formula is C19H24N2O3S. The monoisotopic (exact) mass is 360 g/mol. The van der Waals surface area contributed by atoms with Crippen LogP contribution in [-0.4, -0.2) is 38.3 Å². The van der Waals surface area contributed by atoms with Crippen molar-refractivity contribution in [1.82, 2.24) is 9.62 Å². The van der Waals surface area contributed by atoms with Gasteiger partial charge in [0.2, 0.25) is 15.9 Å². The Bertz CT molecular complexity index is 762. The maximum absolute atomic E-state index is 12.9. The number of benzene rings is 2. The smallest absolute Gasteiger partial charge is 0.243 e. The number of sulfonamides is 1. The van der Waals surface area contributed by atoms with Crippen molar-refractivity contribution in [2.24, 2.45) is 0 Å². The minimum atomic E-state index is -3.72. The molecule has 0 aromatic heterocycles. The second-order valence-corrected chi connectivity index (χ2v) is 7.68. The number of nitrogens with one attached hydrogen (secondary N) is 1. The number of carbonyl (C=O) groups excluding carboxylic acids is 1. The molecule has 0 spiro atoms. The normalized spacial score (nSPS) is 11.4. The maximum Gasteiger partial charge on any atom is 0.243 e. The molecule has 0 unspecified atom stereocenters. The highest BCUT2D eigenvalue weighted by molar-refractivity contribution is 7.89. The third kappa shape index (κ3) is 5.69. The summed E-state index contributed by atoms with van der Waals surface area (Å²) in [5, 5.41) is 2.74. The summed E-state index contributed by atoms with van der Waals surface area (Å²) in [6.45, 7) is 2.57. The molecule has 0 aliphatic heterocycles. The van der Waals surface area contributed by atoms with Gasteiger partial charge in [-0.25, -0.2) is 8.42 Å². The quantitative estimate of drug-likeness (QED) is 0.747. The zero-order chi connectivity index (χ0) is 18.1. The first-order valence-corrected chi connectivity index (χ1v) is 9.84. The van der Waals surface area contributed by atoms with E-state index < -0.39 is 10.0 Å². The minimum absolute atomic E-state index is 0.177. The highest BCUT2D eigenvalue weighted by Gasteiger charge is 2.26. The van der Waals surface area contributed by atoms with Crippen LogP contribution in [0.1, 0.15) is 18.9 Å². The Morgan fingerprint density at radius 2 is 1.60 bits per heavy atom. The summed E-state index contributed by atoms with van der Waals surface area (Å²) in [5.74, 6) is -0.283. The molecule has 0 saturated heterocycles. The van der Waals surface area contributed by atoms with Gasteiger partial charge in [-0.3, -0.25) is 4.79 Å². The summed E-state index contributed by atoms with van der Waals surface area (Å²) in [6, 6.07) is 17.9. The number of nitrogens with zero attached hydrogens (tertiary/aromatic N) is 1. The largest absolute Gasteiger partial charge is 0.355 e. The lowest BCUT2D eigenvalue weighted by Crippen LogP contribution is -2.41. The minimum Gasteiger partial charge on any atom is -0.355 e. The Morgan fingerprint density at radius 1 is 1.00 bits per heavy atom. The molecule has 2 aromatic rings. The molecule has 2 aromatic carbocycles. The van der Waals surface area contributed by atoms with E-state index in [-0.39, 0.29) is 23.9 Å². The first-order valence-electron chi connectivity index (χ1n) is 8.40.